The van der Waals surface area contributed by atoms with Gasteiger partial charge in [0.15, 0.2) is 0 Å². The lowest BCUT2D eigenvalue weighted by atomic mass is 10.1. The van der Waals surface area contributed by atoms with E-state index >= 15 is 0 Å². The van der Waals surface area contributed by atoms with E-state index in [0.717, 1.165) is 22.3 Å². The molecule has 0 aliphatic rings. The van der Waals surface area contributed by atoms with E-state index in [0.29, 0.717) is 18.2 Å². The van der Waals surface area contributed by atoms with Crippen LogP contribution in [0.3, 0.4) is 0 Å². The van der Waals surface area contributed by atoms with E-state index in [2.05, 4.69) is 10.3 Å². The Hall–Kier alpha value is -1.36. The van der Waals surface area contributed by atoms with E-state index < -0.39 is 0 Å². The lowest BCUT2D eigenvalue weighted by Gasteiger charge is -2.15. The number of pyridine rings is 1. The van der Waals surface area contributed by atoms with E-state index in [9.17, 15) is 0 Å². The van der Waals surface area contributed by atoms with Crippen LogP contribution in [0.25, 0.3) is 10.9 Å². The third kappa shape index (κ3) is 3.15. The average molecular weight is 280 g/mol. The van der Waals surface area contributed by atoms with Crippen LogP contribution in [-0.2, 0) is 4.74 Å². The maximum Gasteiger partial charge on any atom is 0.131 e. The number of methoxy groups -OCH3 is 1. The highest BCUT2D eigenvalue weighted by molar-refractivity contribution is 6.35. The van der Waals surface area contributed by atoms with E-state index in [1.807, 2.05) is 31.2 Å². The summed E-state index contributed by atoms with van der Waals surface area (Å²) in [6.07, 6.45) is 0. The second-order valence-electron chi connectivity index (χ2n) is 4.45. The van der Waals surface area contributed by atoms with Gasteiger partial charge < -0.3 is 15.8 Å². The molecule has 0 saturated carbocycles. The van der Waals surface area contributed by atoms with Gasteiger partial charge in [0.25, 0.3) is 0 Å². The highest BCUT2D eigenvalue weighted by Crippen LogP contribution is 2.28. The fourth-order valence-electron chi connectivity index (χ4n) is 1.94. The molecule has 1 heterocycles. The smallest absolute Gasteiger partial charge is 0.131 e. The van der Waals surface area contributed by atoms with E-state index in [-0.39, 0.29) is 6.04 Å². The lowest BCUT2D eigenvalue weighted by Crippen LogP contribution is -2.14. The summed E-state index contributed by atoms with van der Waals surface area (Å²) in [5.74, 6) is 0.771. The van der Waals surface area contributed by atoms with Gasteiger partial charge >= 0.3 is 0 Å². The third-order valence-corrected chi connectivity index (χ3v) is 3.22. The molecule has 3 N–H and O–H groups in total. The maximum absolute atomic E-state index is 6.18. The summed E-state index contributed by atoms with van der Waals surface area (Å²) < 4.78 is 5.03. The fourth-order valence-corrected chi connectivity index (χ4v) is 2.16. The van der Waals surface area contributed by atoms with Crippen molar-refractivity contribution in [2.45, 2.75) is 13.0 Å². The Balaban J connectivity index is 2.46. The molecule has 1 atom stereocenters. The van der Waals surface area contributed by atoms with Gasteiger partial charge in [0, 0.05) is 30.6 Å². The number of rotatable bonds is 5. The Kier molecular flexibility index (Phi) is 4.58. The standard InChI is InChI=1S/C14H18ClN3O/c1-9(16)11-8-10-4-3-5-12(15)13(10)18-14(11)17-6-7-19-2/h3-5,8-9H,6-7,16H2,1-2H3,(H,17,18)/t9-/m0/s1. The number of nitrogens with one attached hydrogen (secondary N) is 1. The van der Waals surface area contributed by atoms with Crippen LogP contribution in [0, 0.1) is 0 Å². The van der Waals surface area contributed by atoms with E-state index in [4.69, 9.17) is 22.1 Å². The highest BCUT2D eigenvalue weighted by atomic mass is 35.5. The van der Waals surface area contributed by atoms with Crippen molar-refractivity contribution in [2.24, 2.45) is 5.73 Å². The van der Waals surface area contributed by atoms with Gasteiger partial charge in [-0.15, -0.1) is 0 Å². The van der Waals surface area contributed by atoms with Gasteiger partial charge in [-0.3, -0.25) is 0 Å². The summed E-state index contributed by atoms with van der Waals surface area (Å²) in [4.78, 5) is 4.59. The largest absolute Gasteiger partial charge is 0.383 e. The first-order chi connectivity index (χ1) is 9.13. The monoisotopic (exact) mass is 279 g/mol. The van der Waals surface area contributed by atoms with Crippen molar-refractivity contribution in [3.8, 4) is 0 Å². The molecule has 0 aliphatic heterocycles. The van der Waals surface area contributed by atoms with Crippen molar-refractivity contribution in [3.05, 3.63) is 34.9 Å². The third-order valence-electron chi connectivity index (χ3n) is 2.92. The number of halogens is 1. The zero-order valence-electron chi connectivity index (χ0n) is 11.1. The van der Waals surface area contributed by atoms with Crippen LogP contribution in [0.2, 0.25) is 5.02 Å². The summed E-state index contributed by atoms with van der Waals surface area (Å²) in [5.41, 5.74) is 7.77. The van der Waals surface area contributed by atoms with Crippen LogP contribution in [0.1, 0.15) is 18.5 Å². The molecular weight excluding hydrogens is 262 g/mol. The topological polar surface area (TPSA) is 60.2 Å². The van der Waals surface area contributed by atoms with Gasteiger partial charge in [0.1, 0.15) is 5.82 Å². The number of para-hydroxylation sites is 1. The van der Waals surface area contributed by atoms with E-state index in [1.54, 1.807) is 7.11 Å². The first-order valence-electron chi connectivity index (χ1n) is 6.21. The molecule has 19 heavy (non-hydrogen) atoms. The van der Waals surface area contributed by atoms with Crippen LogP contribution < -0.4 is 11.1 Å². The van der Waals surface area contributed by atoms with E-state index in [1.165, 1.54) is 0 Å². The summed E-state index contributed by atoms with van der Waals surface area (Å²) in [5, 5.41) is 4.88. The SMILES string of the molecule is COCCNc1nc2c(Cl)cccc2cc1[C@H](C)N. The van der Waals surface area contributed by atoms with Crippen LogP contribution >= 0.6 is 11.6 Å². The lowest BCUT2D eigenvalue weighted by molar-refractivity contribution is 0.210. The fraction of sp³-hybridized carbons (Fsp3) is 0.357. The second kappa shape index (κ2) is 6.19. The number of hydrogen-bond acceptors (Lipinski definition) is 4. The molecule has 0 radical (unpaired) electrons. The van der Waals surface area contributed by atoms with Crippen molar-refractivity contribution in [3.63, 3.8) is 0 Å². The molecule has 2 aromatic rings. The maximum atomic E-state index is 6.18. The number of aromatic nitrogens is 1. The Bertz CT molecular complexity index is 572. The minimum Gasteiger partial charge on any atom is -0.383 e. The number of nitrogens with two attached hydrogens (primary N) is 1. The minimum absolute atomic E-state index is 0.0964. The molecule has 2 rings (SSSR count). The number of benzene rings is 1. The first kappa shape index (κ1) is 14.1. The van der Waals surface area contributed by atoms with Crippen LogP contribution in [-0.4, -0.2) is 25.2 Å². The second-order valence-corrected chi connectivity index (χ2v) is 4.85. The number of anilines is 1. The molecule has 1 aromatic heterocycles. The Morgan fingerprint density at radius 1 is 1.47 bits per heavy atom. The predicted molar refractivity (Wildman–Crippen MR) is 79.7 cm³/mol. The Morgan fingerprint density at radius 2 is 2.26 bits per heavy atom. The van der Waals surface area contributed by atoms with Crippen molar-refractivity contribution in [2.75, 3.05) is 25.6 Å². The molecule has 0 fully saturated rings. The number of ether oxygens (including phenoxy) is 1. The summed E-state index contributed by atoms with van der Waals surface area (Å²) in [7, 11) is 1.67. The summed E-state index contributed by atoms with van der Waals surface area (Å²) >= 11 is 6.18. The molecule has 0 amide bonds. The van der Waals surface area contributed by atoms with Gasteiger partial charge in [0.05, 0.1) is 17.1 Å². The predicted octanol–water partition coefficient (Wildman–Crippen LogP) is 2.97. The number of nitrogens with zero attached hydrogens (tertiary/aromatic N) is 1. The number of hydrogen-bond donors (Lipinski definition) is 2. The van der Waals surface area contributed by atoms with Crippen LogP contribution in [0.15, 0.2) is 24.3 Å². The van der Waals surface area contributed by atoms with Crippen molar-refractivity contribution in [1.29, 1.82) is 0 Å². The molecule has 0 aliphatic carbocycles. The quantitative estimate of drug-likeness (QED) is 0.826. The molecular formula is C14H18ClN3O. The van der Waals surface area contributed by atoms with Gasteiger partial charge in [-0.05, 0) is 19.1 Å². The summed E-state index contributed by atoms with van der Waals surface area (Å²) in [6.45, 7) is 3.23. The summed E-state index contributed by atoms with van der Waals surface area (Å²) in [6, 6.07) is 7.67. The number of fused-ring (bicyclic) bond motifs is 1. The Morgan fingerprint density at radius 3 is 2.95 bits per heavy atom. The van der Waals surface area contributed by atoms with Crippen molar-refractivity contribution < 1.29 is 4.74 Å². The molecule has 102 valence electrons. The van der Waals surface area contributed by atoms with Crippen LogP contribution in [0.4, 0.5) is 5.82 Å². The van der Waals surface area contributed by atoms with Gasteiger partial charge in [-0.1, -0.05) is 23.7 Å². The molecule has 1 aromatic carbocycles. The van der Waals surface area contributed by atoms with Gasteiger partial charge in [0.2, 0.25) is 0 Å². The molecule has 0 saturated heterocycles. The van der Waals surface area contributed by atoms with Gasteiger partial charge in [-0.2, -0.15) is 0 Å². The molecule has 0 unspecified atom stereocenters. The zero-order valence-corrected chi connectivity index (χ0v) is 11.9. The zero-order chi connectivity index (χ0) is 13.8. The van der Waals surface area contributed by atoms with Crippen molar-refractivity contribution >= 4 is 28.3 Å². The average Bonchev–Trinajstić information content (AvgIpc) is 2.39. The first-order valence-corrected chi connectivity index (χ1v) is 6.59. The minimum atomic E-state index is -0.0964. The molecule has 5 heteroatoms. The van der Waals surface area contributed by atoms with Gasteiger partial charge in [-0.25, -0.2) is 4.98 Å². The molecule has 0 bridgehead atoms. The van der Waals surface area contributed by atoms with Crippen LogP contribution in [0.5, 0.6) is 0 Å². The van der Waals surface area contributed by atoms with Crippen molar-refractivity contribution in [1.82, 2.24) is 4.98 Å². The highest BCUT2D eigenvalue weighted by Gasteiger charge is 2.11. The molecule has 4 nitrogen and oxygen atoms in total. The Labute approximate surface area is 117 Å². The molecule has 0 spiro atoms. The normalized spacial score (nSPS) is 12.6.